The zero-order valence-corrected chi connectivity index (χ0v) is 8.83. The van der Waals surface area contributed by atoms with Crippen molar-refractivity contribution in [3.63, 3.8) is 0 Å². The highest BCUT2D eigenvalue weighted by Gasteiger charge is 2.00. The van der Waals surface area contributed by atoms with E-state index in [-0.39, 0.29) is 5.78 Å². The monoisotopic (exact) mass is 184 g/mol. The van der Waals surface area contributed by atoms with Gasteiger partial charge in [-0.3, -0.25) is 4.79 Å². The van der Waals surface area contributed by atoms with Crippen LogP contribution in [0.5, 0.6) is 0 Å². The molecule has 0 radical (unpaired) electrons. The number of carbonyl (C=O) groups is 1. The van der Waals surface area contributed by atoms with Crippen LogP contribution in [-0.2, 0) is 4.79 Å². The third-order valence-corrected chi connectivity index (χ3v) is 2.61. The highest BCUT2D eigenvalue weighted by molar-refractivity contribution is 7.99. The molecule has 0 amide bonds. The van der Waals surface area contributed by atoms with E-state index in [4.69, 9.17) is 0 Å². The Bertz CT molecular complexity index is 186. The average molecular weight is 184 g/mol. The Morgan fingerprint density at radius 1 is 1.50 bits per heavy atom. The van der Waals surface area contributed by atoms with E-state index in [9.17, 15) is 4.79 Å². The van der Waals surface area contributed by atoms with Crippen LogP contribution >= 0.6 is 11.8 Å². The van der Waals surface area contributed by atoms with Crippen LogP contribution in [0, 0.1) is 17.8 Å². The third kappa shape index (κ3) is 7.68. The van der Waals surface area contributed by atoms with Gasteiger partial charge in [-0.1, -0.05) is 19.8 Å². The van der Waals surface area contributed by atoms with Crippen molar-refractivity contribution in [2.75, 3.05) is 11.5 Å². The van der Waals surface area contributed by atoms with E-state index in [1.807, 2.05) is 0 Å². The van der Waals surface area contributed by atoms with E-state index >= 15 is 0 Å². The van der Waals surface area contributed by atoms with Crippen LogP contribution in [0.25, 0.3) is 0 Å². The van der Waals surface area contributed by atoms with Gasteiger partial charge in [0.2, 0.25) is 0 Å². The van der Waals surface area contributed by atoms with Crippen LogP contribution in [0.15, 0.2) is 0 Å². The van der Waals surface area contributed by atoms with Crippen molar-refractivity contribution in [1.29, 1.82) is 0 Å². The predicted molar refractivity (Wildman–Crippen MR) is 55.2 cm³/mol. The second-order valence-electron chi connectivity index (χ2n) is 3.05. The second-order valence-corrected chi connectivity index (χ2v) is 4.08. The van der Waals surface area contributed by atoms with E-state index < -0.39 is 0 Å². The van der Waals surface area contributed by atoms with Crippen molar-refractivity contribution < 1.29 is 4.79 Å². The molecule has 0 rings (SSSR count). The fourth-order valence-electron chi connectivity index (χ4n) is 0.646. The van der Waals surface area contributed by atoms with Crippen LogP contribution in [0.1, 0.15) is 27.2 Å². The van der Waals surface area contributed by atoms with Gasteiger partial charge in [0.05, 0.1) is 12.2 Å². The van der Waals surface area contributed by atoms with E-state index in [1.165, 1.54) is 0 Å². The molecule has 0 aromatic heterocycles. The lowest BCUT2D eigenvalue weighted by Gasteiger charge is -2.01. The largest absolute Gasteiger partial charge is 0.298 e. The SMILES string of the molecule is CC#CCC(=O)CSCC(C)C. The molecule has 0 aromatic rings. The van der Waals surface area contributed by atoms with Gasteiger partial charge >= 0.3 is 0 Å². The van der Waals surface area contributed by atoms with Crippen LogP contribution in [0.4, 0.5) is 0 Å². The summed E-state index contributed by atoms with van der Waals surface area (Å²) in [5.74, 6) is 8.08. The van der Waals surface area contributed by atoms with Gasteiger partial charge in [0.25, 0.3) is 0 Å². The predicted octanol–water partition coefficient (Wildman–Crippen LogP) is 2.36. The summed E-state index contributed by atoms with van der Waals surface area (Å²) >= 11 is 1.70. The standard InChI is InChI=1S/C10H16OS/c1-4-5-6-10(11)8-12-7-9(2)3/h9H,6-8H2,1-3H3. The zero-order chi connectivity index (χ0) is 9.40. The molecule has 68 valence electrons. The van der Waals surface area contributed by atoms with E-state index in [0.29, 0.717) is 18.1 Å². The Labute approximate surface area is 79.3 Å². The Hall–Kier alpha value is -0.420. The zero-order valence-electron chi connectivity index (χ0n) is 8.02. The van der Waals surface area contributed by atoms with E-state index in [1.54, 1.807) is 18.7 Å². The molecule has 0 saturated heterocycles. The number of carbonyl (C=O) groups excluding carboxylic acids is 1. The number of rotatable bonds is 5. The lowest BCUT2D eigenvalue weighted by atomic mass is 10.3. The van der Waals surface area contributed by atoms with Gasteiger partial charge in [-0.05, 0) is 18.6 Å². The molecular weight excluding hydrogens is 168 g/mol. The molecule has 0 fully saturated rings. The van der Waals surface area contributed by atoms with Gasteiger partial charge in [-0.15, -0.1) is 5.92 Å². The van der Waals surface area contributed by atoms with Gasteiger partial charge < -0.3 is 0 Å². The quantitative estimate of drug-likeness (QED) is 0.610. The lowest BCUT2D eigenvalue weighted by Crippen LogP contribution is -2.02. The Morgan fingerprint density at radius 3 is 2.67 bits per heavy atom. The van der Waals surface area contributed by atoms with Crippen molar-refractivity contribution in [2.24, 2.45) is 5.92 Å². The maximum Gasteiger partial charge on any atom is 0.154 e. The normalized spacial score (nSPS) is 9.33. The third-order valence-electron chi connectivity index (χ3n) is 1.18. The van der Waals surface area contributed by atoms with Crippen molar-refractivity contribution in [1.82, 2.24) is 0 Å². The first-order valence-corrected chi connectivity index (χ1v) is 5.31. The molecule has 0 spiro atoms. The molecular formula is C10H16OS. The number of thioether (sulfide) groups is 1. The molecule has 0 atom stereocenters. The molecule has 0 N–H and O–H groups in total. The van der Waals surface area contributed by atoms with E-state index in [0.717, 1.165) is 5.75 Å². The van der Waals surface area contributed by atoms with Crippen molar-refractivity contribution in [3.8, 4) is 11.8 Å². The molecule has 12 heavy (non-hydrogen) atoms. The molecule has 0 aliphatic heterocycles. The first-order chi connectivity index (χ1) is 5.66. The van der Waals surface area contributed by atoms with Crippen molar-refractivity contribution in [3.05, 3.63) is 0 Å². The van der Waals surface area contributed by atoms with Gasteiger partial charge in [-0.25, -0.2) is 0 Å². The molecule has 1 nitrogen and oxygen atoms in total. The van der Waals surface area contributed by atoms with Crippen LogP contribution < -0.4 is 0 Å². The average Bonchev–Trinajstić information content (AvgIpc) is 2.00. The summed E-state index contributed by atoms with van der Waals surface area (Å²) < 4.78 is 0. The smallest absolute Gasteiger partial charge is 0.154 e. The van der Waals surface area contributed by atoms with Crippen LogP contribution in [0.3, 0.4) is 0 Å². The summed E-state index contributed by atoms with van der Waals surface area (Å²) in [5, 5.41) is 0. The molecule has 0 aromatic carbocycles. The topological polar surface area (TPSA) is 17.1 Å². The van der Waals surface area contributed by atoms with Crippen LogP contribution in [0.2, 0.25) is 0 Å². The lowest BCUT2D eigenvalue weighted by molar-refractivity contribution is -0.115. The minimum absolute atomic E-state index is 0.245. The minimum Gasteiger partial charge on any atom is -0.298 e. The van der Waals surface area contributed by atoms with Crippen molar-refractivity contribution in [2.45, 2.75) is 27.2 Å². The molecule has 2 heteroatoms. The highest BCUT2D eigenvalue weighted by Crippen LogP contribution is 2.07. The second kappa shape index (κ2) is 7.24. The maximum atomic E-state index is 11.1. The number of ketones is 1. The summed E-state index contributed by atoms with van der Waals surface area (Å²) in [4.78, 5) is 11.1. The van der Waals surface area contributed by atoms with Gasteiger partial charge in [0, 0.05) is 0 Å². The minimum atomic E-state index is 0.245. The maximum absolute atomic E-state index is 11.1. The molecule has 0 unspecified atom stereocenters. The van der Waals surface area contributed by atoms with E-state index in [2.05, 4.69) is 25.7 Å². The molecule has 0 heterocycles. The first-order valence-electron chi connectivity index (χ1n) is 4.16. The van der Waals surface area contributed by atoms with Crippen LogP contribution in [-0.4, -0.2) is 17.3 Å². The summed E-state index contributed by atoms with van der Waals surface area (Å²) in [6.45, 7) is 6.07. The Balaban J connectivity index is 3.36. The fourth-order valence-corrected chi connectivity index (χ4v) is 1.57. The molecule has 0 saturated carbocycles. The number of hydrogen-bond acceptors (Lipinski definition) is 2. The number of hydrogen-bond donors (Lipinski definition) is 0. The summed E-state index contributed by atoms with van der Waals surface area (Å²) in [7, 11) is 0. The highest BCUT2D eigenvalue weighted by atomic mass is 32.2. The van der Waals surface area contributed by atoms with Gasteiger partial charge in [-0.2, -0.15) is 11.8 Å². The van der Waals surface area contributed by atoms with Crippen molar-refractivity contribution >= 4 is 17.5 Å². The van der Waals surface area contributed by atoms with Gasteiger partial charge in [0.1, 0.15) is 0 Å². The fraction of sp³-hybridized carbons (Fsp3) is 0.700. The summed E-state index contributed by atoms with van der Waals surface area (Å²) in [6, 6.07) is 0. The summed E-state index contributed by atoms with van der Waals surface area (Å²) in [6.07, 6.45) is 0.418. The molecule has 0 aliphatic carbocycles. The number of Topliss-reactive ketones (excluding diaryl/α,β-unsaturated/α-hetero) is 1. The molecule has 0 bridgehead atoms. The molecule has 0 aliphatic rings. The first kappa shape index (κ1) is 11.6. The summed E-state index contributed by atoms with van der Waals surface area (Å²) in [5.41, 5.74) is 0. The Kier molecular flexibility index (Phi) is 6.99. The Morgan fingerprint density at radius 2 is 2.17 bits per heavy atom. The van der Waals surface area contributed by atoms with Gasteiger partial charge in [0.15, 0.2) is 5.78 Å².